The first-order valence-corrected chi connectivity index (χ1v) is 8.49. The van der Waals surface area contributed by atoms with Gasteiger partial charge in [-0.05, 0) is 31.2 Å². The smallest absolute Gasteiger partial charge is 0.422 e. The van der Waals surface area contributed by atoms with Gasteiger partial charge in [0.1, 0.15) is 5.75 Å². The summed E-state index contributed by atoms with van der Waals surface area (Å²) in [7, 11) is -4.11. The molecule has 0 saturated heterocycles. The molecule has 0 fully saturated rings. The molecule has 0 aliphatic heterocycles. The molecule has 0 amide bonds. The topological polar surface area (TPSA) is 72.5 Å². The van der Waals surface area contributed by atoms with Crippen molar-refractivity contribution >= 4 is 21.5 Å². The number of Topliss-reactive ketones (excluding diaryl/α,β-unsaturated/α-hetero) is 1. The van der Waals surface area contributed by atoms with Crippen LogP contribution in [-0.4, -0.2) is 27.0 Å². The number of nitrogens with one attached hydrogen (secondary N) is 1. The lowest BCUT2D eigenvalue weighted by molar-refractivity contribution is -0.153. The van der Waals surface area contributed by atoms with E-state index < -0.39 is 22.8 Å². The summed E-state index contributed by atoms with van der Waals surface area (Å²) in [5.41, 5.74) is 0.0597. The number of benzene rings is 2. The van der Waals surface area contributed by atoms with Crippen LogP contribution in [0.5, 0.6) is 5.75 Å². The van der Waals surface area contributed by atoms with Crippen molar-refractivity contribution in [1.82, 2.24) is 0 Å². The Kier molecular flexibility index (Phi) is 5.36. The number of anilines is 1. The number of para-hydroxylation sites is 2. The summed E-state index contributed by atoms with van der Waals surface area (Å²) >= 11 is 0. The van der Waals surface area contributed by atoms with Crippen LogP contribution in [-0.2, 0) is 10.0 Å². The molecule has 0 aliphatic carbocycles. The molecule has 2 rings (SSSR count). The monoisotopic (exact) mass is 373 g/mol. The number of ketones is 1. The minimum absolute atomic E-state index is 0.139. The van der Waals surface area contributed by atoms with Gasteiger partial charge >= 0.3 is 6.18 Å². The predicted octanol–water partition coefficient (Wildman–Crippen LogP) is 3.63. The minimum Gasteiger partial charge on any atom is -0.482 e. The van der Waals surface area contributed by atoms with Crippen LogP contribution in [0.25, 0.3) is 0 Å². The van der Waals surface area contributed by atoms with Crippen molar-refractivity contribution in [2.24, 2.45) is 0 Å². The number of sulfonamides is 1. The maximum absolute atomic E-state index is 12.4. The van der Waals surface area contributed by atoms with E-state index >= 15 is 0 Å². The maximum atomic E-state index is 12.4. The van der Waals surface area contributed by atoms with Crippen molar-refractivity contribution < 1.29 is 31.1 Å². The molecule has 0 spiro atoms. The average molecular weight is 373 g/mol. The van der Waals surface area contributed by atoms with Gasteiger partial charge in [-0.2, -0.15) is 13.2 Å². The molecule has 134 valence electrons. The van der Waals surface area contributed by atoms with Crippen LogP contribution in [0.4, 0.5) is 18.9 Å². The van der Waals surface area contributed by atoms with Gasteiger partial charge in [-0.15, -0.1) is 0 Å². The zero-order valence-electron chi connectivity index (χ0n) is 13.0. The van der Waals surface area contributed by atoms with Crippen LogP contribution in [0.3, 0.4) is 0 Å². The number of alkyl halides is 3. The molecule has 2 aromatic carbocycles. The first-order chi connectivity index (χ1) is 11.6. The molecule has 5 nitrogen and oxygen atoms in total. The lowest BCUT2D eigenvalue weighted by Gasteiger charge is -2.15. The van der Waals surface area contributed by atoms with Crippen LogP contribution in [0, 0.1) is 0 Å². The minimum atomic E-state index is -4.55. The Morgan fingerprint density at radius 2 is 1.80 bits per heavy atom. The Labute approximate surface area is 142 Å². The van der Waals surface area contributed by atoms with Gasteiger partial charge < -0.3 is 4.74 Å². The summed E-state index contributed by atoms with van der Waals surface area (Å²) in [5, 5.41) is 0. The van der Waals surface area contributed by atoms with E-state index in [0.29, 0.717) is 0 Å². The third-order valence-electron chi connectivity index (χ3n) is 3.07. The quantitative estimate of drug-likeness (QED) is 0.785. The first kappa shape index (κ1) is 18.8. The number of ether oxygens (including phenoxy) is 1. The van der Waals surface area contributed by atoms with E-state index in [9.17, 15) is 26.4 Å². The Morgan fingerprint density at radius 3 is 2.44 bits per heavy atom. The number of rotatable bonds is 6. The second kappa shape index (κ2) is 7.14. The molecule has 0 aliphatic rings. The second-order valence-electron chi connectivity index (χ2n) is 5.09. The number of hydrogen-bond acceptors (Lipinski definition) is 4. The van der Waals surface area contributed by atoms with Crippen LogP contribution >= 0.6 is 0 Å². The summed E-state index contributed by atoms with van der Waals surface area (Å²) in [6, 6.07) is 10.7. The van der Waals surface area contributed by atoms with Crippen LogP contribution in [0.2, 0.25) is 0 Å². The normalized spacial score (nSPS) is 11.8. The Hall–Kier alpha value is -2.55. The van der Waals surface area contributed by atoms with E-state index in [1.165, 1.54) is 55.5 Å². The molecule has 0 radical (unpaired) electrons. The molecule has 0 aromatic heterocycles. The molecule has 2 aromatic rings. The SMILES string of the molecule is CC(=O)c1cccc(S(=O)(=O)Nc2ccccc2OCC(F)(F)F)c1. The van der Waals surface area contributed by atoms with Gasteiger partial charge in [0.25, 0.3) is 10.0 Å². The fourth-order valence-corrected chi connectivity index (χ4v) is 3.04. The highest BCUT2D eigenvalue weighted by molar-refractivity contribution is 7.92. The standard InChI is InChI=1S/C16H14F3NO4S/c1-11(21)12-5-4-6-13(9-12)25(22,23)20-14-7-2-3-8-15(14)24-10-16(17,18)19/h2-9,20H,10H2,1H3. The lowest BCUT2D eigenvalue weighted by Crippen LogP contribution is -2.20. The zero-order chi connectivity index (χ0) is 18.7. The summed E-state index contributed by atoms with van der Waals surface area (Å²) in [6.45, 7) is -0.259. The molecule has 0 saturated carbocycles. The van der Waals surface area contributed by atoms with Gasteiger partial charge in [0.15, 0.2) is 12.4 Å². The molecule has 1 N–H and O–H groups in total. The molecule has 0 heterocycles. The highest BCUT2D eigenvalue weighted by Crippen LogP contribution is 2.28. The van der Waals surface area contributed by atoms with Gasteiger partial charge in [-0.3, -0.25) is 9.52 Å². The largest absolute Gasteiger partial charge is 0.482 e. The van der Waals surface area contributed by atoms with Gasteiger partial charge in [-0.25, -0.2) is 8.42 Å². The van der Waals surface area contributed by atoms with E-state index in [0.717, 1.165) is 0 Å². The average Bonchev–Trinajstić information content (AvgIpc) is 2.53. The Bertz CT molecular complexity index is 879. The summed E-state index contributed by atoms with van der Waals surface area (Å²) in [6.07, 6.45) is -4.55. The Balaban J connectivity index is 2.29. The number of carbonyl (C=O) groups is 1. The van der Waals surface area contributed by atoms with Gasteiger partial charge in [0, 0.05) is 5.56 Å². The Morgan fingerprint density at radius 1 is 1.12 bits per heavy atom. The lowest BCUT2D eigenvalue weighted by atomic mass is 10.2. The highest BCUT2D eigenvalue weighted by atomic mass is 32.2. The number of halogens is 3. The third-order valence-corrected chi connectivity index (χ3v) is 4.44. The third kappa shape index (κ3) is 5.21. The summed E-state index contributed by atoms with van der Waals surface area (Å²) in [5.74, 6) is -0.572. The summed E-state index contributed by atoms with van der Waals surface area (Å²) in [4.78, 5) is 11.2. The molecular formula is C16H14F3NO4S. The van der Waals surface area contributed by atoms with Crippen molar-refractivity contribution in [3.05, 3.63) is 54.1 Å². The van der Waals surface area contributed by atoms with Crippen molar-refractivity contribution in [3.63, 3.8) is 0 Å². The van der Waals surface area contributed by atoms with Crippen LogP contribution in [0.1, 0.15) is 17.3 Å². The fourth-order valence-electron chi connectivity index (χ4n) is 1.92. The van der Waals surface area contributed by atoms with E-state index in [1.807, 2.05) is 0 Å². The summed E-state index contributed by atoms with van der Waals surface area (Å²) < 4.78 is 68.6. The first-order valence-electron chi connectivity index (χ1n) is 7.01. The van der Waals surface area contributed by atoms with E-state index in [-0.39, 0.29) is 27.7 Å². The molecule has 25 heavy (non-hydrogen) atoms. The van der Waals surface area contributed by atoms with Gasteiger partial charge in [-0.1, -0.05) is 24.3 Å². The van der Waals surface area contributed by atoms with E-state index in [4.69, 9.17) is 0 Å². The van der Waals surface area contributed by atoms with E-state index in [2.05, 4.69) is 9.46 Å². The van der Waals surface area contributed by atoms with Crippen molar-refractivity contribution in [2.45, 2.75) is 18.0 Å². The second-order valence-corrected chi connectivity index (χ2v) is 6.77. The predicted molar refractivity (Wildman–Crippen MR) is 85.2 cm³/mol. The molecular weight excluding hydrogens is 359 g/mol. The molecule has 9 heteroatoms. The molecule has 0 bridgehead atoms. The number of hydrogen-bond donors (Lipinski definition) is 1. The van der Waals surface area contributed by atoms with E-state index in [1.54, 1.807) is 0 Å². The highest BCUT2D eigenvalue weighted by Gasteiger charge is 2.29. The van der Waals surface area contributed by atoms with Crippen molar-refractivity contribution in [1.29, 1.82) is 0 Å². The fraction of sp³-hybridized carbons (Fsp3) is 0.188. The van der Waals surface area contributed by atoms with Crippen molar-refractivity contribution in [2.75, 3.05) is 11.3 Å². The number of carbonyl (C=O) groups excluding carboxylic acids is 1. The van der Waals surface area contributed by atoms with Gasteiger partial charge in [0.05, 0.1) is 10.6 Å². The molecule has 0 unspecified atom stereocenters. The van der Waals surface area contributed by atoms with Gasteiger partial charge in [0.2, 0.25) is 0 Å². The van der Waals surface area contributed by atoms with Crippen LogP contribution < -0.4 is 9.46 Å². The molecule has 0 atom stereocenters. The van der Waals surface area contributed by atoms with Crippen molar-refractivity contribution in [3.8, 4) is 5.75 Å². The van der Waals surface area contributed by atoms with Crippen LogP contribution in [0.15, 0.2) is 53.4 Å². The zero-order valence-corrected chi connectivity index (χ0v) is 13.8. The maximum Gasteiger partial charge on any atom is 0.422 e.